The number of aromatic nitrogens is 5. The van der Waals surface area contributed by atoms with Crippen molar-refractivity contribution in [1.82, 2.24) is 30.5 Å². The number of anilines is 2. The number of hydrogen-bond acceptors (Lipinski definition) is 9. The maximum absolute atomic E-state index is 14.3. The summed E-state index contributed by atoms with van der Waals surface area (Å²) in [5.41, 5.74) is 16.3. The Labute approximate surface area is 269 Å². The summed E-state index contributed by atoms with van der Waals surface area (Å²) in [6, 6.07) is 18.6. The molecule has 1 atom stereocenters. The van der Waals surface area contributed by atoms with Crippen LogP contribution < -0.4 is 21.3 Å². The van der Waals surface area contributed by atoms with E-state index in [-0.39, 0.29) is 18.2 Å². The molecule has 46 heavy (non-hydrogen) atoms. The van der Waals surface area contributed by atoms with Gasteiger partial charge in [-0.25, -0.2) is 4.98 Å². The number of carbonyl (C=O) groups is 2. The van der Waals surface area contributed by atoms with Gasteiger partial charge in [-0.3, -0.25) is 14.5 Å². The zero-order chi connectivity index (χ0) is 32.0. The van der Waals surface area contributed by atoms with Crippen LogP contribution in [0.1, 0.15) is 31.2 Å². The number of benzene rings is 2. The summed E-state index contributed by atoms with van der Waals surface area (Å²) in [6.45, 7) is 4.48. The highest BCUT2D eigenvalue weighted by Gasteiger charge is 2.36. The van der Waals surface area contributed by atoms with E-state index in [0.29, 0.717) is 24.0 Å². The number of likely N-dealkylation sites (N-methyl/N-ethyl adjacent to an activating group) is 1. The molecule has 12 nitrogen and oxygen atoms in total. The zero-order valence-corrected chi connectivity index (χ0v) is 26.3. The third-order valence-corrected chi connectivity index (χ3v) is 9.42. The van der Waals surface area contributed by atoms with Crippen LogP contribution in [0, 0.1) is 11.8 Å². The molecule has 12 heteroatoms. The lowest BCUT2D eigenvalue weighted by Crippen LogP contribution is -2.52. The van der Waals surface area contributed by atoms with E-state index >= 15 is 0 Å². The highest BCUT2D eigenvalue weighted by atomic mass is 16.2. The van der Waals surface area contributed by atoms with Crippen LogP contribution in [0.25, 0.3) is 22.5 Å². The third kappa shape index (κ3) is 7.08. The first-order valence-electron chi connectivity index (χ1n) is 16.0. The Kier molecular flexibility index (Phi) is 9.65. The minimum atomic E-state index is -0.885. The second-order valence-corrected chi connectivity index (χ2v) is 12.5. The molecule has 1 saturated heterocycles. The van der Waals surface area contributed by atoms with E-state index in [4.69, 9.17) is 11.5 Å². The average Bonchev–Trinajstić information content (AvgIpc) is 3.64. The second kappa shape index (κ2) is 14.2. The predicted octanol–water partition coefficient (Wildman–Crippen LogP) is 2.88. The minimum Gasteiger partial charge on any atom is -0.368 e. The largest absolute Gasteiger partial charge is 0.368 e. The Hall–Kier alpha value is -4.68. The lowest BCUT2D eigenvalue weighted by atomic mass is 9.81. The molecule has 1 aliphatic heterocycles. The SMILES string of the molecule is CN1CCN(c2cc(-c3cccc(C[C@@H](C(N)=O)N(C(=O)C4CCC(CN)CC4)c4ccc(-c5nn[nH]n5)cc4)c3)ccn2)CC1. The number of aromatic amines is 1. The number of primary amides is 1. The zero-order valence-electron chi connectivity index (χ0n) is 26.3. The van der Waals surface area contributed by atoms with Crippen LogP contribution in [0.5, 0.6) is 0 Å². The fraction of sp³-hybridized carbons (Fsp3) is 0.412. The Balaban J connectivity index is 1.28. The fourth-order valence-corrected chi connectivity index (χ4v) is 6.58. The molecule has 1 saturated carbocycles. The molecule has 0 radical (unpaired) electrons. The van der Waals surface area contributed by atoms with Gasteiger partial charge in [0, 0.05) is 56.0 Å². The van der Waals surface area contributed by atoms with Crippen molar-refractivity contribution in [1.29, 1.82) is 0 Å². The quantitative estimate of drug-likeness (QED) is 0.241. The fourth-order valence-electron chi connectivity index (χ4n) is 6.58. The van der Waals surface area contributed by atoms with E-state index in [1.165, 1.54) is 0 Å². The van der Waals surface area contributed by atoms with E-state index in [1.54, 1.807) is 4.90 Å². The van der Waals surface area contributed by atoms with Gasteiger partial charge in [0.25, 0.3) is 0 Å². The number of tetrazole rings is 1. The van der Waals surface area contributed by atoms with E-state index in [2.05, 4.69) is 60.7 Å². The van der Waals surface area contributed by atoms with Crippen molar-refractivity contribution in [2.45, 2.75) is 38.1 Å². The highest BCUT2D eigenvalue weighted by molar-refractivity contribution is 6.01. The normalized spacial score (nSPS) is 19.5. The molecule has 3 heterocycles. The topological polar surface area (TPSA) is 163 Å². The molecular formula is C34H42N10O2. The molecule has 2 aromatic carbocycles. The number of nitrogens with one attached hydrogen (secondary N) is 1. The number of nitrogens with two attached hydrogens (primary N) is 2. The van der Waals surface area contributed by atoms with Crippen molar-refractivity contribution >= 4 is 23.3 Å². The summed E-state index contributed by atoms with van der Waals surface area (Å²) in [6.07, 6.45) is 5.37. The van der Waals surface area contributed by atoms with Gasteiger partial charge in [0.2, 0.25) is 17.6 Å². The van der Waals surface area contributed by atoms with E-state index in [0.717, 1.165) is 79.9 Å². The van der Waals surface area contributed by atoms with Gasteiger partial charge in [0.05, 0.1) is 0 Å². The van der Waals surface area contributed by atoms with Crippen molar-refractivity contribution in [3.8, 4) is 22.5 Å². The molecule has 0 unspecified atom stereocenters. The number of rotatable bonds is 10. The van der Waals surface area contributed by atoms with Crippen molar-refractivity contribution in [2.75, 3.05) is 49.6 Å². The number of H-pyrrole nitrogens is 1. The number of carbonyl (C=O) groups excluding carboxylic acids is 2. The first-order valence-corrected chi connectivity index (χ1v) is 16.0. The summed E-state index contributed by atoms with van der Waals surface area (Å²) in [5.74, 6) is 0.965. The number of amides is 2. The minimum absolute atomic E-state index is 0.0892. The van der Waals surface area contributed by atoms with Crippen LogP contribution in [0.3, 0.4) is 0 Å². The van der Waals surface area contributed by atoms with Crippen LogP contribution in [0.2, 0.25) is 0 Å². The predicted molar refractivity (Wildman–Crippen MR) is 178 cm³/mol. The standard InChI is InChI=1S/C34H42N10O2/c1-42-15-17-43(18-16-42)31-21-28(13-14-37-31)27-4-2-3-24(19-27)20-30(32(36)45)44(34(46)26-7-5-23(22-35)6-8-26)29-11-9-25(10-12-29)33-38-40-41-39-33/h2-4,9-14,19,21,23,26,30H,5-8,15-18,20,22,35H2,1H3,(H2,36,45)(H,38,39,40,41)/t23?,26?,30-/m0/s1. The molecule has 4 aromatic rings. The van der Waals surface area contributed by atoms with Gasteiger partial charge >= 0.3 is 0 Å². The molecule has 0 bridgehead atoms. The smallest absolute Gasteiger partial charge is 0.240 e. The van der Waals surface area contributed by atoms with Crippen LogP contribution in [0.15, 0.2) is 66.9 Å². The van der Waals surface area contributed by atoms with Crippen LogP contribution in [-0.2, 0) is 16.0 Å². The van der Waals surface area contributed by atoms with Gasteiger partial charge in [-0.05, 0) is 103 Å². The summed E-state index contributed by atoms with van der Waals surface area (Å²) in [4.78, 5) is 38.4. The molecule has 5 N–H and O–H groups in total. The van der Waals surface area contributed by atoms with Gasteiger partial charge in [-0.1, -0.05) is 24.3 Å². The maximum atomic E-state index is 14.3. The molecular weight excluding hydrogens is 580 g/mol. The Morgan fingerprint density at radius 1 is 0.957 bits per heavy atom. The lowest BCUT2D eigenvalue weighted by molar-refractivity contribution is -0.127. The number of hydrogen-bond donors (Lipinski definition) is 3. The van der Waals surface area contributed by atoms with E-state index in [9.17, 15) is 9.59 Å². The van der Waals surface area contributed by atoms with Gasteiger partial charge < -0.3 is 21.3 Å². The molecule has 2 amide bonds. The summed E-state index contributed by atoms with van der Waals surface area (Å²) < 4.78 is 0. The van der Waals surface area contributed by atoms with Gasteiger partial charge in [-0.15, -0.1) is 10.2 Å². The van der Waals surface area contributed by atoms with Crippen molar-refractivity contribution in [3.63, 3.8) is 0 Å². The Morgan fingerprint density at radius 2 is 1.70 bits per heavy atom. The first kappa shape index (κ1) is 31.3. The molecule has 6 rings (SSSR count). The maximum Gasteiger partial charge on any atom is 0.240 e. The van der Waals surface area contributed by atoms with Crippen molar-refractivity contribution < 1.29 is 9.59 Å². The first-order chi connectivity index (χ1) is 22.4. The summed E-state index contributed by atoms with van der Waals surface area (Å²) in [5, 5.41) is 14.2. The second-order valence-electron chi connectivity index (χ2n) is 12.5. The third-order valence-electron chi connectivity index (χ3n) is 9.42. The van der Waals surface area contributed by atoms with Crippen LogP contribution in [-0.4, -0.2) is 88.1 Å². The van der Waals surface area contributed by atoms with Crippen LogP contribution >= 0.6 is 0 Å². The number of pyridine rings is 1. The van der Waals surface area contributed by atoms with Gasteiger partial charge in [0.1, 0.15) is 11.9 Å². The molecule has 240 valence electrons. The number of piperazine rings is 1. The highest BCUT2D eigenvalue weighted by Crippen LogP contribution is 2.33. The van der Waals surface area contributed by atoms with Crippen molar-refractivity contribution in [2.24, 2.45) is 23.3 Å². The van der Waals surface area contributed by atoms with Gasteiger partial charge in [-0.2, -0.15) is 5.21 Å². The van der Waals surface area contributed by atoms with E-state index < -0.39 is 11.9 Å². The lowest BCUT2D eigenvalue weighted by Gasteiger charge is -2.35. The molecule has 2 fully saturated rings. The Bertz CT molecular complexity index is 1610. The van der Waals surface area contributed by atoms with Crippen molar-refractivity contribution in [3.05, 3.63) is 72.4 Å². The monoisotopic (exact) mass is 622 g/mol. The Morgan fingerprint density at radius 3 is 2.37 bits per heavy atom. The average molecular weight is 623 g/mol. The summed E-state index contributed by atoms with van der Waals surface area (Å²) >= 11 is 0. The van der Waals surface area contributed by atoms with Gasteiger partial charge in [0.15, 0.2) is 0 Å². The number of nitrogens with zero attached hydrogens (tertiary/aromatic N) is 7. The molecule has 1 aliphatic carbocycles. The summed E-state index contributed by atoms with van der Waals surface area (Å²) in [7, 11) is 2.14. The molecule has 0 spiro atoms. The molecule has 2 aliphatic rings. The van der Waals surface area contributed by atoms with E-state index in [1.807, 2.05) is 48.7 Å². The molecule has 2 aromatic heterocycles. The van der Waals surface area contributed by atoms with Crippen LogP contribution in [0.4, 0.5) is 11.5 Å².